The van der Waals surface area contributed by atoms with Gasteiger partial charge in [-0.25, -0.2) is 0 Å². The zero-order valence-corrected chi connectivity index (χ0v) is 16.4. The van der Waals surface area contributed by atoms with Crippen molar-refractivity contribution < 1.29 is 14.3 Å². The lowest BCUT2D eigenvalue weighted by Gasteiger charge is -2.42. The molecule has 2 aromatic rings. The van der Waals surface area contributed by atoms with Crippen molar-refractivity contribution in [2.24, 2.45) is 0 Å². The fourth-order valence-electron chi connectivity index (χ4n) is 3.68. The summed E-state index contributed by atoms with van der Waals surface area (Å²) in [6.45, 7) is 6.25. The zero-order valence-electron chi connectivity index (χ0n) is 16.4. The smallest absolute Gasteiger partial charge is 0.261 e. The number of hydrogen-bond donors (Lipinski definition) is 1. The Balaban J connectivity index is 1.79. The molecule has 144 valence electrons. The molecule has 0 aliphatic carbocycles. The van der Waals surface area contributed by atoms with Crippen LogP contribution >= 0.6 is 0 Å². The van der Waals surface area contributed by atoms with Crippen molar-refractivity contribution in [1.29, 1.82) is 0 Å². The minimum Gasteiger partial charge on any atom is -0.487 e. The number of para-hydroxylation sites is 2. The van der Waals surface area contributed by atoms with E-state index in [0.29, 0.717) is 12.2 Å². The van der Waals surface area contributed by atoms with Crippen molar-refractivity contribution in [1.82, 2.24) is 5.32 Å². The summed E-state index contributed by atoms with van der Waals surface area (Å²) in [5.74, 6) is 1.50. The third kappa shape index (κ3) is 4.26. The monoisotopic (exact) mass is 367 g/mol. The van der Waals surface area contributed by atoms with E-state index in [1.54, 1.807) is 0 Å². The first kappa shape index (κ1) is 19.3. The van der Waals surface area contributed by atoms with Crippen LogP contribution in [0.1, 0.15) is 58.1 Å². The molecule has 0 aromatic heterocycles. The van der Waals surface area contributed by atoms with E-state index in [2.05, 4.69) is 19.2 Å². The molecule has 2 aromatic carbocycles. The summed E-state index contributed by atoms with van der Waals surface area (Å²) in [4.78, 5) is 13.0. The minimum atomic E-state index is -0.514. The number of carbonyl (C=O) groups excluding carboxylic acids is 1. The van der Waals surface area contributed by atoms with E-state index in [1.807, 2.05) is 61.5 Å². The Morgan fingerprint density at radius 3 is 2.44 bits per heavy atom. The predicted molar refractivity (Wildman–Crippen MR) is 107 cm³/mol. The van der Waals surface area contributed by atoms with Crippen LogP contribution in [0.3, 0.4) is 0 Å². The summed E-state index contributed by atoms with van der Waals surface area (Å²) in [7, 11) is 0. The van der Waals surface area contributed by atoms with Crippen LogP contribution in [0.4, 0.5) is 0 Å². The van der Waals surface area contributed by atoms with E-state index in [-0.39, 0.29) is 17.6 Å². The summed E-state index contributed by atoms with van der Waals surface area (Å²) in [6, 6.07) is 17.4. The number of benzene rings is 2. The second-order valence-corrected chi connectivity index (χ2v) is 7.12. The molecule has 3 rings (SSSR count). The maximum atomic E-state index is 13.0. The van der Waals surface area contributed by atoms with Crippen LogP contribution in [0.15, 0.2) is 54.6 Å². The van der Waals surface area contributed by atoms with Crippen molar-refractivity contribution >= 4 is 5.91 Å². The number of hydrogen-bond acceptors (Lipinski definition) is 3. The van der Waals surface area contributed by atoms with Crippen LogP contribution in [-0.4, -0.2) is 17.6 Å². The van der Waals surface area contributed by atoms with Crippen molar-refractivity contribution in [3.8, 4) is 11.5 Å². The molecule has 27 heavy (non-hydrogen) atoms. The maximum absolute atomic E-state index is 13.0. The van der Waals surface area contributed by atoms with Gasteiger partial charge in [-0.3, -0.25) is 4.79 Å². The van der Waals surface area contributed by atoms with E-state index in [0.717, 1.165) is 30.6 Å². The van der Waals surface area contributed by atoms with Crippen LogP contribution in [0.25, 0.3) is 0 Å². The number of carbonyl (C=O) groups is 1. The zero-order chi connectivity index (χ0) is 19.3. The molecular formula is C23H29NO3. The lowest BCUT2D eigenvalue weighted by atomic mass is 9.83. The molecule has 1 amide bonds. The molecule has 1 aliphatic rings. The van der Waals surface area contributed by atoms with Crippen LogP contribution in [0.2, 0.25) is 0 Å². The molecule has 1 aliphatic heterocycles. The third-order valence-electron chi connectivity index (χ3n) is 5.49. The molecule has 1 N–H and O–H groups in total. The highest BCUT2D eigenvalue weighted by Crippen LogP contribution is 2.42. The maximum Gasteiger partial charge on any atom is 0.261 e. The van der Waals surface area contributed by atoms with Gasteiger partial charge in [0.1, 0.15) is 17.1 Å². The van der Waals surface area contributed by atoms with Crippen LogP contribution in [-0.2, 0) is 4.79 Å². The summed E-state index contributed by atoms with van der Waals surface area (Å²) in [5, 5.41) is 3.23. The van der Waals surface area contributed by atoms with Gasteiger partial charge in [0.05, 0.1) is 6.04 Å². The van der Waals surface area contributed by atoms with Gasteiger partial charge < -0.3 is 14.8 Å². The van der Waals surface area contributed by atoms with Gasteiger partial charge in [0, 0.05) is 12.0 Å². The standard InChI is InChI=1S/C23H29NO3/c1-4-20(26-17-12-8-7-9-13-17)22(25)24-19-16-23(5-2,6-3)27-21-15-11-10-14-18(19)21/h7-15,19-20H,4-6,16H2,1-3H3,(H,24,25)/t19-,20+/m0/s1. The molecule has 0 radical (unpaired) electrons. The highest BCUT2D eigenvalue weighted by molar-refractivity contribution is 5.81. The lowest BCUT2D eigenvalue weighted by Crippen LogP contribution is -2.47. The summed E-state index contributed by atoms with van der Waals surface area (Å²) in [5.41, 5.74) is 0.798. The number of rotatable bonds is 7. The Hall–Kier alpha value is -2.49. The molecule has 0 saturated carbocycles. The Bertz CT molecular complexity index is 755. The van der Waals surface area contributed by atoms with Crippen molar-refractivity contribution in [2.75, 3.05) is 0 Å². The second-order valence-electron chi connectivity index (χ2n) is 7.12. The third-order valence-corrected chi connectivity index (χ3v) is 5.49. The average molecular weight is 367 g/mol. The van der Waals surface area contributed by atoms with Gasteiger partial charge in [0.2, 0.25) is 0 Å². The quantitative estimate of drug-likeness (QED) is 0.745. The fraction of sp³-hybridized carbons (Fsp3) is 0.435. The van der Waals surface area contributed by atoms with E-state index in [9.17, 15) is 4.79 Å². The van der Waals surface area contributed by atoms with Crippen LogP contribution < -0.4 is 14.8 Å². The number of fused-ring (bicyclic) bond motifs is 1. The first-order valence-corrected chi connectivity index (χ1v) is 9.90. The molecule has 0 bridgehead atoms. The number of nitrogens with one attached hydrogen (secondary N) is 1. The van der Waals surface area contributed by atoms with Gasteiger partial charge in [-0.05, 0) is 37.5 Å². The van der Waals surface area contributed by atoms with Crippen molar-refractivity contribution in [3.05, 3.63) is 60.2 Å². The Labute approximate surface area is 161 Å². The largest absolute Gasteiger partial charge is 0.487 e. The molecule has 4 heteroatoms. The fourth-order valence-corrected chi connectivity index (χ4v) is 3.68. The summed E-state index contributed by atoms with van der Waals surface area (Å²) < 4.78 is 12.2. The molecule has 0 unspecified atom stereocenters. The van der Waals surface area contributed by atoms with Gasteiger partial charge in [-0.15, -0.1) is 0 Å². The van der Waals surface area contributed by atoms with E-state index in [4.69, 9.17) is 9.47 Å². The molecule has 2 atom stereocenters. The van der Waals surface area contributed by atoms with Crippen LogP contribution in [0, 0.1) is 0 Å². The highest BCUT2D eigenvalue weighted by Gasteiger charge is 2.39. The number of ether oxygens (including phenoxy) is 2. The molecule has 0 fully saturated rings. The molecule has 0 spiro atoms. The van der Waals surface area contributed by atoms with Gasteiger partial charge in [0.15, 0.2) is 6.10 Å². The normalized spacial score (nSPS) is 18.7. The summed E-state index contributed by atoms with van der Waals surface area (Å²) in [6.07, 6.45) is 2.67. The number of amides is 1. The minimum absolute atomic E-state index is 0.0734. The van der Waals surface area contributed by atoms with Gasteiger partial charge >= 0.3 is 0 Å². The molecule has 4 nitrogen and oxygen atoms in total. The average Bonchev–Trinajstić information content (AvgIpc) is 2.72. The van der Waals surface area contributed by atoms with Crippen molar-refractivity contribution in [3.63, 3.8) is 0 Å². The first-order valence-electron chi connectivity index (χ1n) is 9.90. The first-order chi connectivity index (χ1) is 13.1. The van der Waals surface area contributed by atoms with Gasteiger partial charge in [-0.1, -0.05) is 57.2 Å². The Morgan fingerprint density at radius 2 is 1.78 bits per heavy atom. The van der Waals surface area contributed by atoms with Gasteiger partial charge in [0.25, 0.3) is 5.91 Å². The Kier molecular flexibility index (Phi) is 6.04. The molecule has 0 saturated heterocycles. The topological polar surface area (TPSA) is 47.6 Å². The molecular weight excluding hydrogens is 338 g/mol. The van der Waals surface area contributed by atoms with Crippen molar-refractivity contribution in [2.45, 2.75) is 64.2 Å². The highest BCUT2D eigenvalue weighted by atomic mass is 16.5. The Morgan fingerprint density at radius 1 is 1.11 bits per heavy atom. The predicted octanol–water partition coefficient (Wildman–Crippen LogP) is 5.04. The molecule has 1 heterocycles. The van der Waals surface area contributed by atoms with Crippen LogP contribution in [0.5, 0.6) is 11.5 Å². The van der Waals surface area contributed by atoms with E-state index >= 15 is 0 Å². The van der Waals surface area contributed by atoms with E-state index in [1.165, 1.54) is 0 Å². The SMILES string of the molecule is CC[C@@H](Oc1ccccc1)C(=O)N[C@H]1CC(CC)(CC)Oc2ccccc21. The lowest BCUT2D eigenvalue weighted by molar-refractivity contribution is -0.129. The summed E-state index contributed by atoms with van der Waals surface area (Å²) >= 11 is 0. The second kappa shape index (κ2) is 8.47. The van der Waals surface area contributed by atoms with E-state index < -0.39 is 6.10 Å². The van der Waals surface area contributed by atoms with Gasteiger partial charge in [-0.2, -0.15) is 0 Å².